The van der Waals surface area contributed by atoms with Crippen molar-refractivity contribution in [3.8, 4) is 5.75 Å². The lowest BCUT2D eigenvalue weighted by Gasteiger charge is -2.34. The molecule has 1 N–H and O–H groups in total. The van der Waals surface area contributed by atoms with E-state index in [0.29, 0.717) is 37.4 Å². The molecule has 0 atom stereocenters. The molecule has 1 fully saturated rings. The van der Waals surface area contributed by atoms with E-state index >= 15 is 0 Å². The van der Waals surface area contributed by atoms with Gasteiger partial charge in [0.25, 0.3) is 5.91 Å². The molecule has 0 unspecified atom stereocenters. The molecule has 2 aromatic carbocycles. The van der Waals surface area contributed by atoms with Crippen molar-refractivity contribution < 1.29 is 27.5 Å². The average molecular weight is 460 g/mol. The van der Waals surface area contributed by atoms with Crippen LogP contribution in [0.2, 0.25) is 0 Å². The van der Waals surface area contributed by atoms with Crippen LogP contribution in [0.25, 0.3) is 10.9 Å². The highest BCUT2D eigenvalue weighted by Gasteiger charge is 2.31. The first kappa shape index (κ1) is 22.7. The number of alkyl halides is 3. The third kappa shape index (κ3) is 5.46. The van der Waals surface area contributed by atoms with Crippen LogP contribution < -0.4 is 10.1 Å². The van der Waals surface area contributed by atoms with E-state index in [4.69, 9.17) is 0 Å². The molecule has 1 aliphatic heterocycles. The minimum absolute atomic E-state index is 0.0305. The van der Waals surface area contributed by atoms with Crippen LogP contribution >= 0.6 is 0 Å². The Morgan fingerprint density at radius 2 is 1.67 bits per heavy atom. The molecular weight excluding hydrogens is 437 g/mol. The topological polar surface area (TPSA) is 66.8 Å². The highest BCUT2D eigenvalue weighted by atomic mass is 19.4. The zero-order valence-electron chi connectivity index (χ0n) is 17.9. The molecule has 3 aromatic rings. The summed E-state index contributed by atoms with van der Waals surface area (Å²) in [6.45, 7) is 2.21. The molecule has 1 aliphatic rings. The number of nitrogens with one attached hydrogen (secondary N) is 1. The van der Waals surface area contributed by atoms with Gasteiger partial charge in [0.05, 0.1) is 12.1 Å². The predicted octanol–water partition coefficient (Wildman–Crippen LogP) is 3.47. The molecule has 0 spiro atoms. The summed E-state index contributed by atoms with van der Waals surface area (Å²) in [4.78, 5) is 29.1. The second kappa shape index (κ2) is 9.14. The number of halogens is 3. The number of amides is 2. The molecule has 10 heteroatoms. The second-order valence-corrected chi connectivity index (χ2v) is 7.86. The lowest BCUT2D eigenvalue weighted by molar-refractivity contribution is -0.274. The summed E-state index contributed by atoms with van der Waals surface area (Å²) in [6, 6.07) is 12.7. The number of rotatable bonds is 5. The van der Waals surface area contributed by atoms with Gasteiger partial charge in [-0.2, -0.15) is 0 Å². The van der Waals surface area contributed by atoms with Crippen LogP contribution in [-0.4, -0.2) is 65.3 Å². The number of carbonyl (C=O) groups is 2. The molecule has 1 aromatic heterocycles. The molecule has 0 aliphatic carbocycles. The first-order valence-electron chi connectivity index (χ1n) is 10.4. The van der Waals surface area contributed by atoms with Crippen molar-refractivity contribution in [3.63, 3.8) is 0 Å². The van der Waals surface area contributed by atoms with Crippen molar-refractivity contribution >= 4 is 28.4 Å². The number of hydrogen-bond donors (Lipinski definition) is 1. The Labute approximate surface area is 188 Å². The van der Waals surface area contributed by atoms with Gasteiger partial charge in [-0.15, -0.1) is 13.2 Å². The van der Waals surface area contributed by atoms with Gasteiger partial charge in [-0.25, -0.2) is 0 Å². The Bertz CT molecular complexity index is 1150. The van der Waals surface area contributed by atoms with Gasteiger partial charge in [0.2, 0.25) is 5.91 Å². The summed E-state index contributed by atoms with van der Waals surface area (Å²) in [6.07, 6.45) is -2.92. The molecule has 2 amide bonds. The first-order valence-corrected chi connectivity index (χ1v) is 10.4. The number of ether oxygens (including phenoxy) is 1. The van der Waals surface area contributed by atoms with E-state index in [2.05, 4.69) is 10.1 Å². The van der Waals surface area contributed by atoms with E-state index < -0.39 is 6.36 Å². The smallest absolute Gasteiger partial charge is 0.406 e. The summed E-state index contributed by atoms with van der Waals surface area (Å²) in [5, 5.41) is 3.58. The summed E-state index contributed by atoms with van der Waals surface area (Å²) in [5.74, 6) is -0.669. The van der Waals surface area contributed by atoms with Gasteiger partial charge < -0.3 is 19.5 Å². The van der Waals surface area contributed by atoms with Gasteiger partial charge in [0, 0.05) is 56.0 Å². The van der Waals surface area contributed by atoms with Crippen LogP contribution in [0.1, 0.15) is 10.4 Å². The number of hydrogen-bond acceptors (Lipinski definition) is 4. The molecule has 0 saturated carbocycles. The number of para-hydroxylation sites is 1. The van der Waals surface area contributed by atoms with E-state index in [0.717, 1.165) is 23.0 Å². The Morgan fingerprint density at radius 3 is 2.33 bits per heavy atom. The number of nitrogens with zero attached hydrogens (tertiary/aromatic N) is 3. The van der Waals surface area contributed by atoms with Crippen molar-refractivity contribution in [2.75, 3.05) is 38.0 Å². The van der Waals surface area contributed by atoms with Gasteiger partial charge in [0.15, 0.2) is 0 Å². The van der Waals surface area contributed by atoms with Crippen molar-refractivity contribution in [2.45, 2.75) is 6.36 Å². The molecule has 1 saturated heterocycles. The first-order chi connectivity index (χ1) is 15.7. The van der Waals surface area contributed by atoms with Gasteiger partial charge in [0.1, 0.15) is 5.75 Å². The zero-order valence-corrected chi connectivity index (χ0v) is 17.9. The summed E-state index contributed by atoms with van der Waals surface area (Å²) < 4.78 is 42.5. The largest absolute Gasteiger partial charge is 0.573 e. The fraction of sp³-hybridized carbons (Fsp3) is 0.304. The average Bonchev–Trinajstić information content (AvgIpc) is 3.11. The molecule has 7 nitrogen and oxygen atoms in total. The van der Waals surface area contributed by atoms with E-state index in [1.807, 2.05) is 47.0 Å². The third-order valence-electron chi connectivity index (χ3n) is 5.53. The Morgan fingerprint density at radius 1 is 1.00 bits per heavy atom. The Kier molecular flexibility index (Phi) is 6.28. The van der Waals surface area contributed by atoms with Crippen molar-refractivity contribution in [2.24, 2.45) is 7.05 Å². The Balaban J connectivity index is 1.28. The Hall–Kier alpha value is -3.53. The van der Waals surface area contributed by atoms with Crippen molar-refractivity contribution in [3.05, 3.63) is 60.3 Å². The maximum absolute atomic E-state index is 13.0. The van der Waals surface area contributed by atoms with Crippen LogP contribution in [0.5, 0.6) is 5.75 Å². The fourth-order valence-corrected chi connectivity index (χ4v) is 3.94. The van der Waals surface area contributed by atoms with Crippen LogP contribution in [0.15, 0.2) is 54.7 Å². The molecule has 33 heavy (non-hydrogen) atoms. The van der Waals surface area contributed by atoms with Crippen molar-refractivity contribution in [1.29, 1.82) is 0 Å². The second-order valence-electron chi connectivity index (χ2n) is 7.86. The van der Waals surface area contributed by atoms with Crippen LogP contribution in [0.4, 0.5) is 18.9 Å². The fourth-order valence-electron chi connectivity index (χ4n) is 3.94. The third-order valence-corrected chi connectivity index (χ3v) is 5.53. The SMILES string of the molecule is Cn1cc(C(=O)N2CCN(CC(=O)Nc3ccc(OC(F)(F)F)cc3)CC2)c2ccccc21. The number of aromatic nitrogens is 1. The number of benzene rings is 2. The quantitative estimate of drug-likeness (QED) is 0.633. The standard InChI is InChI=1S/C23H23F3N4O3/c1-28-14-19(18-4-2-3-5-20(18)28)22(32)30-12-10-29(11-13-30)15-21(31)27-16-6-8-17(9-7-16)33-23(24,25)26/h2-9,14H,10-13,15H2,1H3,(H,27,31). The van der Waals surface area contributed by atoms with E-state index in [1.54, 1.807) is 4.90 Å². The molecular formula is C23H23F3N4O3. The van der Waals surface area contributed by atoms with Crippen LogP contribution in [-0.2, 0) is 11.8 Å². The van der Waals surface area contributed by atoms with Gasteiger partial charge in [-0.05, 0) is 30.3 Å². The molecule has 0 bridgehead atoms. The zero-order chi connectivity index (χ0) is 23.6. The predicted molar refractivity (Wildman–Crippen MR) is 117 cm³/mol. The normalized spacial score (nSPS) is 15.0. The number of aryl methyl sites for hydroxylation is 1. The highest BCUT2D eigenvalue weighted by molar-refractivity contribution is 6.07. The van der Waals surface area contributed by atoms with E-state index in [-0.39, 0.29) is 24.1 Å². The van der Waals surface area contributed by atoms with Crippen LogP contribution in [0, 0.1) is 0 Å². The lowest BCUT2D eigenvalue weighted by atomic mass is 10.1. The minimum atomic E-state index is -4.76. The van der Waals surface area contributed by atoms with Gasteiger partial charge >= 0.3 is 6.36 Å². The summed E-state index contributed by atoms with van der Waals surface area (Å²) in [5.41, 5.74) is 2.03. The number of fused-ring (bicyclic) bond motifs is 1. The number of carbonyl (C=O) groups excluding carboxylic acids is 2. The lowest BCUT2D eigenvalue weighted by Crippen LogP contribution is -2.50. The number of anilines is 1. The summed E-state index contributed by atoms with van der Waals surface area (Å²) in [7, 11) is 1.91. The van der Waals surface area contributed by atoms with Crippen molar-refractivity contribution in [1.82, 2.24) is 14.4 Å². The molecule has 2 heterocycles. The van der Waals surface area contributed by atoms with Gasteiger partial charge in [-0.3, -0.25) is 14.5 Å². The molecule has 174 valence electrons. The number of piperazine rings is 1. The van der Waals surface area contributed by atoms with E-state index in [1.165, 1.54) is 12.1 Å². The monoisotopic (exact) mass is 460 g/mol. The maximum Gasteiger partial charge on any atom is 0.573 e. The van der Waals surface area contributed by atoms with Crippen LogP contribution in [0.3, 0.4) is 0 Å². The van der Waals surface area contributed by atoms with Gasteiger partial charge in [-0.1, -0.05) is 18.2 Å². The molecule has 0 radical (unpaired) electrons. The maximum atomic E-state index is 13.0. The minimum Gasteiger partial charge on any atom is -0.406 e. The molecule has 4 rings (SSSR count). The van der Waals surface area contributed by atoms with E-state index in [9.17, 15) is 22.8 Å². The highest BCUT2D eigenvalue weighted by Crippen LogP contribution is 2.24. The summed E-state index contributed by atoms with van der Waals surface area (Å²) >= 11 is 0.